The van der Waals surface area contributed by atoms with Crippen molar-refractivity contribution in [1.29, 1.82) is 0 Å². The van der Waals surface area contributed by atoms with Crippen LogP contribution in [0.3, 0.4) is 0 Å². The third kappa shape index (κ3) is 3.32. The fraction of sp³-hybridized carbons (Fsp3) is 0.412. The van der Waals surface area contributed by atoms with Gasteiger partial charge in [-0.05, 0) is 26.0 Å². The molecule has 8 heteroatoms. The van der Waals surface area contributed by atoms with Gasteiger partial charge in [-0.1, -0.05) is 23.4 Å². The lowest BCUT2D eigenvalue weighted by Gasteiger charge is -2.40. The molecule has 1 aliphatic heterocycles. The molecule has 1 aliphatic rings. The van der Waals surface area contributed by atoms with Crippen LogP contribution >= 0.6 is 0 Å². The lowest BCUT2D eigenvalue weighted by atomic mass is 10.1. The third-order valence-corrected chi connectivity index (χ3v) is 6.71. The van der Waals surface area contributed by atoms with Gasteiger partial charge in [0.2, 0.25) is 10.0 Å². The molecule has 1 fully saturated rings. The normalized spacial score (nSPS) is 15.4. The minimum absolute atomic E-state index is 0.138. The number of benzene rings is 1. The maximum atomic E-state index is 12.7. The quantitative estimate of drug-likeness (QED) is 0.805. The highest BCUT2D eigenvalue weighted by Gasteiger charge is 2.42. The van der Waals surface area contributed by atoms with E-state index in [1.807, 2.05) is 6.07 Å². The van der Waals surface area contributed by atoms with Crippen LogP contribution < -0.4 is 0 Å². The van der Waals surface area contributed by atoms with Crippen molar-refractivity contribution in [3.8, 4) is 0 Å². The van der Waals surface area contributed by atoms with Crippen molar-refractivity contribution in [3.05, 3.63) is 52.9 Å². The van der Waals surface area contributed by atoms with Crippen molar-refractivity contribution in [2.75, 3.05) is 20.1 Å². The number of aromatic nitrogens is 1. The maximum Gasteiger partial charge on any atom is 0.253 e. The van der Waals surface area contributed by atoms with Gasteiger partial charge in [-0.2, -0.15) is 0 Å². The fourth-order valence-electron chi connectivity index (χ4n) is 2.85. The van der Waals surface area contributed by atoms with Crippen molar-refractivity contribution in [2.24, 2.45) is 0 Å². The summed E-state index contributed by atoms with van der Waals surface area (Å²) in [4.78, 5) is 13.9. The Morgan fingerprint density at radius 3 is 2.48 bits per heavy atom. The molecule has 134 valence electrons. The second-order valence-electron chi connectivity index (χ2n) is 6.30. The molecule has 0 N–H and O–H groups in total. The second kappa shape index (κ2) is 6.61. The number of likely N-dealkylation sites (tertiary alicyclic amines) is 1. The van der Waals surface area contributed by atoms with Crippen LogP contribution in [0.15, 0.2) is 34.9 Å². The van der Waals surface area contributed by atoms with Gasteiger partial charge in [0.15, 0.2) is 0 Å². The molecule has 0 atom stereocenters. The molecule has 2 aromatic rings. The zero-order valence-corrected chi connectivity index (χ0v) is 15.3. The first-order chi connectivity index (χ1) is 11.8. The fourth-order valence-corrected chi connectivity index (χ4v) is 4.41. The summed E-state index contributed by atoms with van der Waals surface area (Å²) in [6.45, 7) is 4.19. The summed E-state index contributed by atoms with van der Waals surface area (Å²) in [5, 5.41) is 3.27. The summed E-state index contributed by atoms with van der Waals surface area (Å²) in [7, 11) is -1.95. The van der Waals surface area contributed by atoms with E-state index in [2.05, 4.69) is 5.16 Å². The minimum Gasteiger partial charge on any atom is -0.361 e. The molecule has 3 rings (SSSR count). The Morgan fingerprint density at radius 2 is 1.92 bits per heavy atom. The van der Waals surface area contributed by atoms with Gasteiger partial charge in [0.05, 0.1) is 5.69 Å². The van der Waals surface area contributed by atoms with Crippen LogP contribution in [0, 0.1) is 13.8 Å². The topological polar surface area (TPSA) is 83.7 Å². The maximum absolute atomic E-state index is 12.7. The highest BCUT2D eigenvalue weighted by molar-refractivity contribution is 7.89. The van der Waals surface area contributed by atoms with E-state index >= 15 is 0 Å². The Bertz CT molecular complexity index is 851. The predicted molar refractivity (Wildman–Crippen MR) is 92.5 cm³/mol. The molecular formula is C17H21N3O4S. The van der Waals surface area contributed by atoms with Crippen molar-refractivity contribution in [3.63, 3.8) is 0 Å². The van der Waals surface area contributed by atoms with Gasteiger partial charge in [0.1, 0.15) is 11.0 Å². The first-order valence-electron chi connectivity index (χ1n) is 8.02. The summed E-state index contributed by atoms with van der Waals surface area (Å²) >= 11 is 0. The first kappa shape index (κ1) is 17.6. The van der Waals surface area contributed by atoms with E-state index < -0.39 is 15.3 Å². The summed E-state index contributed by atoms with van der Waals surface area (Å²) < 4.78 is 31.8. The largest absolute Gasteiger partial charge is 0.361 e. The summed E-state index contributed by atoms with van der Waals surface area (Å²) in [6.07, 6.45) is 0. The molecule has 0 aliphatic carbocycles. The Balaban J connectivity index is 1.64. The smallest absolute Gasteiger partial charge is 0.253 e. The van der Waals surface area contributed by atoms with Gasteiger partial charge >= 0.3 is 0 Å². The van der Waals surface area contributed by atoms with Crippen molar-refractivity contribution >= 4 is 15.9 Å². The molecule has 1 amide bonds. The number of carbonyl (C=O) groups excluding carboxylic acids is 1. The zero-order valence-electron chi connectivity index (χ0n) is 14.5. The van der Waals surface area contributed by atoms with E-state index in [1.54, 1.807) is 50.1 Å². The SMILES string of the molecule is Cc1noc(C)c1CN(C)S(=O)(=O)C1CN(C(=O)c2ccccc2)C1. The lowest BCUT2D eigenvalue weighted by Crippen LogP contribution is -2.59. The summed E-state index contributed by atoms with van der Waals surface area (Å²) in [5.74, 6) is 0.481. The van der Waals surface area contributed by atoms with Crippen LogP contribution in [0.25, 0.3) is 0 Å². The molecule has 2 heterocycles. The second-order valence-corrected chi connectivity index (χ2v) is 8.62. The highest BCUT2D eigenvalue weighted by Crippen LogP contribution is 2.24. The first-order valence-corrected chi connectivity index (χ1v) is 9.52. The number of carbonyl (C=O) groups is 1. The standard InChI is InChI=1S/C17H21N3O4S/c1-12-16(13(2)24-18-12)11-19(3)25(22,23)15-9-20(10-15)17(21)14-7-5-4-6-8-14/h4-8,15H,9-11H2,1-3H3. The zero-order chi connectivity index (χ0) is 18.2. The average molecular weight is 363 g/mol. The number of nitrogens with zero attached hydrogens (tertiary/aromatic N) is 3. The van der Waals surface area contributed by atoms with Crippen LogP contribution in [-0.2, 0) is 16.6 Å². The molecule has 0 spiro atoms. The van der Waals surface area contributed by atoms with E-state index in [9.17, 15) is 13.2 Å². The number of rotatable bonds is 5. The Hall–Kier alpha value is -2.19. The van der Waals surface area contributed by atoms with E-state index in [1.165, 1.54) is 4.31 Å². The number of sulfonamides is 1. The van der Waals surface area contributed by atoms with Crippen LogP contribution in [0.1, 0.15) is 27.4 Å². The van der Waals surface area contributed by atoms with Crippen LogP contribution in [-0.4, -0.2) is 54.1 Å². The predicted octanol–water partition coefficient (Wildman–Crippen LogP) is 1.58. The van der Waals surface area contributed by atoms with Gasteiger partial charge in [-0.3, -0.25) is 4.79 Å². The van der Waals surface area contributed by atoms with Crippen molar-refractivity contribution in [1.82, 2.24) is 14.4 Å². The average Bonchev–Trinajstić information content (AvgIpc) is 2.85. The van der Waals surface area contributed by atoms with Crippen molar-refractivity contribution in [2.45, 2.75) is 25.6 Å². The molecule has 1 aromatic heterocycles. The third-order valence-electron chi connectivity index (χ3n) is 4.57. The van der Waals surface area contributed by atoms with E-state index in [-0.39, 0.29) is 25.5 Å². The van der Waals surface area contributed by atoms with Crippen LogP contribution in [0.2, 0.25) is 0 Å². The number of hydrogen-bond acceptors (Lipinski definition) is 5. The number of hydrogen-bond donors (Lipinski definition) is 0. The number of aryl methyl sites for hydroxylation is 2. The molecule has 1 saturated heterocycles. The Kier molecular flexibility index (Phi) is 4.66. The highest BCUT2D eigenvalue weighted by atomic mass is 32.2. The summed E-state index contributed by atoms with van der Waals surface area (Å²) in [6, 6.07) is 8.88. The molecule has 0 saturated carbocycles. The van der Waals surface area contributed by atoms with Gasteiger partial charge in [0.25, 0.3) is 5.91 Å². The molecular weight excluding hydrogens is 342 g/mol. The lowest BCUT2D eigenvalue weighted by molar-refractivity contribution is 0.0655. The van der Waals surface area contributed by atoms with Gasteiger partial charge in [-0.15, -0.1) is 0 Å². The molecule has 0 radical (unpaired) electrons. The number of amides is 1. The van der Waals surface area contributed by atoms with Gasteiger partial charge in [-0.25, -0.2) is 12.7 Å². The Morgan fingerprint density at radius 1 is 1.28 bits per heavy atom. The monoisotopic (exact) mass is 363 g/mol. The van der Waals surface area contributed by atoms with E-state index in [4.69, 9.17) is 4.52 Å². The van der Waals surface area contributed by atoms with E-state index in [0.29, 0.717) is 17.0 Å². The molecule has 7 nitrogen and oxygen atoms in total. The van der Waals surface area contributed by atoms with Crippen molar-refractivity contribution < 1.29 is 17.7 Å². The van der Waals surface area contributed by atoms with Gasteiger partial charge in [0, 0.05) is 37.8 Å². The molecule has 25 heavy (non-hydrogen) atoms. The van der Waals surface area contributed by atoms with Gasteiger partial charge < -0.3 is 9.42 Å². The van der Waals surface area contributed by atoms with Crippen LogP contribution in [0.5, 0.6) is 0 Å². The summed E-state index contributed by atoms with van der Waals surface area (Å²) in [5.41, 5.74) is 2.04. The Labute approximate surface area is 147 Å². The van der Waals surface area contributed by atoms with E-state index in [0.717, 1.165) is 5.56 Å². The minimum atomic E-state index is -3.49. The molecule has 0 unspecified atom stereocenters. The van der Waals surface area contributed by atoms with Crippen LogP contribution in [0.4, 0.5) is 0 Å². The molecule has 0 bridgehead atoms. The molecule has 1 aromatic carbocycles.